The van der Waals surface area contributed by atoms with Gasteiger partial charge < -0.3 is 9.80 Å². The molecule has 0 amide bonds. The van der Waals surface area contributed by atoms with Crippen molar-refractivity contribution in [1.82, 2.24) is 4.72 Å². The molecule has 166 valence electrons. The number of sulfonamides is 1. The van der Waals surface area contributed by atoms with Crippen molar-refractivity contribution in [2.75, 3.05) is 38.0 Å². The molecule has 0 aliphatic carbocycles. The quantitative estimate of drug-likeness (QED) is 0.463. The molecule has 3 aromatic carbocycles. The van der Waals surface area contributed by atoms with Gasteiger partial charge in [-0.1, -0.05) is 71.2 Å². The summed E-state index contributed by atoms with van der Waals surface area (Å²) in [5, 5.41) is 1.73. The van der Waals surface area contributed by atoms with E-state index in [0.29, 0.717) is 5.56 Å². The van der Waals surface area contributed by atoms with Gasteiger partial charge in [0.2, 0.25) is 13.8 Å². The fraction of sp³-hybridized carbons (Fsp3) is 0.273. The molecule has 5 nitrogen and oxygen atoms in total. The minimum Gasteiger partial charge on any atom is -0.377 e. The van der Waals surface area contributed by atoms with Crippen LogP contribution in [0.1, 0.15) is 11.6 Å². The summed E-state index contributed by atoms with van der Waals surface area (Å²) in [6.45, 7) is 0. The SMILES string of the molecule is CN(C)c1cccc2c([C@@H](NS(=O)(=O)c3ccccc3)C(Cl)(Cl)Cl)ccc(N(C)C)c12. The Morgan fingerprint density at radius 3 is 1.94 bits per heavy atom. The van der Waals surface area contributed by atoms with Crippen molar-refractivity contribution in [3.63, 3.8) is 0 Å². The Bertz CT molecular complexity index is 1160. The van der Waals surface area contributed by atoms with Crippen LogP contribution in [0.5, 0.6) is 0 Å². The van der Waals surface area contributed by atoms with Crippen LogP contribution in [0.2, 0.25) is 0 Å². The molecule has 0 spiro atoms. The van der Waals surface area contributed by atoms with E-state index in [-0.39, 0.29) is 4.90 Å². The molecule has 3 aromatic rings. The molecule has 1 atom stereocenters. The summed E-state index contributed by atoms with van der Waals surface area (Å²) in [7, 11) is 3.86. The van der Waals surface area contributed by atoms with Crippen LogP contribution in [0.25, 0.3) is 10.8 Å². The first-order chi connectivity index (χ1) is 14.4. The Kier molecular flexibility index (Phi) is 6.99. The number of nitrogens with one attached hydrogen (secondary N) is 1. The highest BCUT2D eigenvalue weighted by molar-refractivity contribution is 7.89. The fourth-order valence-corrected chi connectivity index (χ4v) is 5.49. The van der Waals surface area contributed by atoms with Gasteiger partial charge in [-0.05, 0) is 35.2 Å². The highest BCUT2D eigenvalue weighted by Crippen LogP contribution is 2.45. The Morgan fingerprint density at radius 2 is 1.39 bits per heavy atom. The van der Waals surface area contributed by atoms with Crippen molar-refractivity contribution in [3.8, 4) is 0 Å². The van der Waals surface area contributed by atoms with E-state index in [1.54, 1.807) is 24.3 Å². The second-order valence-electron chi connectivity index (χ2n) is 7.57. The second kappa shape index (κ2) is 9.04. The first-order valence-corrected chi connectivity index (χ1v) is 12.1. The van der Waals surface area contributed by atoms with Gasteiger partial charge in [-0.2, -0.15) is 4.72 Å². The van der Waals surface area contributed by atoms with Crippen molar-refractivity contribution in [1.29, 1.82) is 0 Å². The summed E-state index contributed by atoms with van der Waals surface area (Å²) in [5.74, 6) is 0. The summed E-state index contributed by atoms with van der Waals surface area (Å²) in [6.07, 6.45) is 0. The predicted octanol–water partition coefficient (Wildman–Crippen LogP) is 5.36. The zero-order valence-corrected chi connectivity index (χ0v) is 20.7. The molecule has 31 heavy (non-hydrogen) atoms. The third-order valence-electron chi connectivity index (χ3n) is 4.96. The standard InChI is InChI=1S/C22H24Cl3N3O2S/c1-27(2)18-12-8-11-16-17(13-14-19(20(16)18)28(3)4)21(22(23,24)25)26-31(29,30)15-9-6-5-7-10-15/h5-14,21,26H,1-4H3/t21-/m1/s1. The summed E-state index contributed by atoms with van der Waals surface area (Å²) >= 11 is 18.9. The Labute approximate surface area is 198 Å². The van der Waals surface area contributed by atoms with Gasteiger partial charge in [0, 0.05) is 45.0 Å². The first kappa shape index (κ1) is 24.0. The molecule has 0 aliphatic heterocycles. The lowest BCUT2D eigenvalue weighted by atomic mass is 9.96. The number of halogens is 3. The van der Waals surface area contributed by atoms with E-state index in [2.05, 4.69) is 4.72 Å². The van der Waals surface area contributed by atoms with Gasteiger partial charge >= 0.3 is 0 Å². The third kappa shape index (κ3) is 5.04. The zero-order chi connectivity index (χ0) is 23.0. The third-order valence-corrected chi connectivity index (χ3v) is 7.05. The van der Waals surface area contributed by atoms with Crippen LogP contribution in [-0.4, -0.2) is 40.4 Å². The number of alkyl halides is 3. The molecule has 0 bridgehead atoms. The number of anilines is 2. The van der Waals surface area contributed by atoms with Crippen molar-refractivity contribution in [2.45, 2.75) is 14.7 Å². The molecule has 0 heterocycles. The number of fused-ring (bicyclic) bond motifs is 1. The molecular formula is C22H24Cl3N3O2S. The second-order valence-corrected chi connectivity index (χ2v) is 11.7. The maximum absolute atomic E-state index is 13.0. The average molecular weight is 501 g/mol. The van der Waals surface area contributed by atoms with Crippen LogP contribution >= 0.6 is 34.8 Å². The van der Waals surface area contributed by atoms with E-state index < -0.39 is 19.9 Å². The summed E-state index contributed by atoms with van der Waals surface area (Å²) < 4.78 is 26.8. The topological polar surface area (TPSA) is 52.7 Å². The molecule has 0 saturated heterocycles. The largest absolute Gasteiger partial charge is 0.377 e. The highest BCUT2D eigenvalue weighted by atomic mass is 35.6. The van der Waals surface area contributed by atoms with Gasteiger partial charge in [-0.3, -0.25) is 0 Å². The lowest BCUT2D eigenvalue weighted by Crippen LogP contribution is -2.36. The molecule has 0 aliphatic rings. The van der Waals surface area contributed by atoms with Gasteiger partial charge in [0.1, 0.15) is 0 Å². The average Bonchev–Trinajstić information content (AvgIpc) is 2.70. The number of hydrogen-bond donors (Lipinski definition) is 1. The van der Waals surface area contributed by atoms with Gasteiger partial charge in [0.15, 0.2) is 0 Å². The zero-order valence-electron chi connectivity index (χ0n) is 17.6. The van der Waals surface area contributed by atoms with E-state index in [0.717, 1.165) is 22.1 Å². The summed E-state index contributed by atoms with van der Waals surface area (Å²) in [4.78, 5) is 4.09. The lowest BCUT2D eigenvalue weighted by Gasteiger charge is -2.29. The van der Waals surface area contributed by atoms with Gasteiger partial charge in [0.05, 0.1) is 10.9 Å². The molecule has 0 radical (unpaired) electrons. The maximum atomic E-state index is 13.0. The normalized spacial score (nSPS) is 13.3. The number of rotatable bonds is 6. The molecule has 0 aromatic heterocycles. The molecular weight excluding hydrogens is 477 g/mol. The van der Waals surface area contributed by atoms with Crippen LogP contribution in [0, 0.1) is 0 Å². The van der Waals surface area contributed by atoms with Gasteiger partial charge in [-0.25, -0.2) is 8.42 Å². The highest BCUT2D eigenvalue weighted by Gasteiger charge is 2.38. The van der Waals surface area contributed by atoms with E-state index >= 15 is 0 Å². The van der Waals surface area contributed by atoms with Gasteiger partial charge in [0.25, 0.3) is 0 Å². The van der Waals surface area contributed by atoms with E-state index in [1.807, 2.05) is 62.3 Å². The Morgan fingerprint density at radius 1 is 0.806 bits per heavy atom. The van der Waals surface area contributed by atoms with Crippen LogP contribution in [0.4, 0.5) is 11.4 Å². The van der Waals surface area contributed by atoms with E-state index in [1.165, 1.54) is 12.1 Å². The molecule has 0 saturated carbocycles. The van der Waals surface area contributed by atoms with Crippen LogP contribution < -0.4 is 14.5 Å². The first-order valence-electron chi connectivity index (χ1n) is 9.48. The van der Waals surface area contributed by atoms with Crippen molar-refractivity contribution in [2.24, 2.45) is 0 Å². The monoisotopic (exact) mass is 499 g/mol. The number of nitrogens with zero attached hydrogens (tertiary/aromatic N) is 2. The number of hydrogen-bond acceptors (Lipinski definition) is 4. The van der Waals surface area contributed by atoms with Crippen molar-refractivity contribution < 1.29 is 8.42 Å². The Balaban J connectivity index is 2.25. The minimum atomic E-state index is -3.94. The molecule has 0 unspecified atom stereocenters. The van der Waals surface area contributed by atoms with Crippen LogP contribution in [0.15, 0.2) is 65.6 Å². The molecule has 1 N–H and O–H groups in total. The molecule has 0 fully saturated rings. The predicted molar refractivity (Wildman–Crippen MR) is 132 cm³/mol. The maximum Gasteiger partial charge on any atom is 0.241 e. The Hall–Kier alpha value is -1.70. The van der Waals surface area contributed by atoms with Crippen molar-refractivity contribution >= 4 is 67.0 Å². The van der Waals surface area contributed by atoms with Crippen molar-refractivity contribution in [3.05, 3.63) is 66.2 Å². The molecule has 9 heteroatoms. The van der Waals surface area contributed by atoms with E-state index in [9.17, 15) is 8.42 Å². The van der Waals surface area contributed by atoms with Crippen LogP contribution in [0.3, 0.4) is 0 Å². The lowest BCUT2D eigenvalue weighted by molar-refractivity contribution is 0.559. The van der Waals surface area contributed by atoms with Gasteiger partial charge in [-0.15, -0.1) is 0 Å². The van der Waals surface area contributed by atoms with Crippen LogP contribution in [-0.2, 0) is 10.0 Å². The summed E-state index contributed by atoms with van der Waals surface area (Å²) in [5.41, 5.74) is 2.51. The summed E-state index contributed by atoms with van der Waals surface area (Å²) in [6, 6.07) is 16.4. The molecule has 3 rings (SSSR count). The smallest absolute Gasteiger partial charge is 0.241 e. The fourth-order valence-electron chi connectivity index (χ4n) is 3.52. The van der Waals surface area contributed by atoms with E-state index in [4.69, 9.17) is 34.8 Å². The number of benzene rings is 3. The minimum absolute atomic E-state index is 0.0949.